The summed E-state index contributed by atoms with van der Waals surface area (Å²) in [7, 11) is 0. The number of fused-ring (bicyclic) bond motifs is 1. The van der Waals surface area contributed by atoms with E-state index >= 15 is 0 Å². The van der Waals surface area contributed by atoms with E-state index in [1.807, 2.05) is 6.92 Å². The highest BCUT2D eigenvalue weighted by atomic mass is 16.1. The molecule has 0 bridgehead atoms. The van der Waals surface area contributed by atoms with Crippen molar-refractivity contribution in [2.75, 3.05) is 0 Å². The highest BCUT2D eigenvalue weighted by Gasteiger charge is 2.31. The Morgan fingerprint density at radius 1 is 1.23 bits per heavy atom. The van der Waals surface area contributed by atoms with Gasteiger partial charge >= 0.3 is 0 Å². The molecular formula is C21H26O. The van der Waals surface area contributed by atoms with Gasteiger partial charge in [0.1, 0.15) is 0 Å². The first kappa shape index (κ1) is 16.5. The van der Waals surface area contributed by atoms with Gasteiger partial charge in [-0.15, -0.1) is 0 Å². The van der Waals surface area contributed by atoms with E-state index in [4.69, 9.17) is 0 Å². The van der Waals surface area contributed by atoms with E-state index in [0.717, 1.165) is 17.5 Å². The molecule has 1 nitrogen and oxygen atoms in total. The molecule has 0 aromatic heterocycles. The number of ketones is 1. The van der Waals surface area contributed by atoms with E-state index < -0.39 is 0 Å². The zero-order valence-corrected chi connectivity index (χ0v) is 14.4. The van der Waals surface area contributed by atoms with E-state index in [-0.39, 0.29) is 11.2 Å². The summed E-state index contributed by atoms with van der Waals surface area (Å²) in [6.07, 6.45) is 9.95. The van der Waals surface area contributed by atoms with Crippen LogP contribution in [0.1, 0.15) is 68.9 Å². The lowest BCUT2D eigenvalue weighted by Crippen LogP contribution is -2.27. The van der Waals surface area contributed by atoms with Gasteiger partial charge in [0.2, 0.25) is 0 Å². The third kappa shape index (κ3) is 3.47. The summed E-state index contributed by atoms with van der Waals surface area (Å²) >= 11 is 0. The summed E-state index contributed by atoms with van der Waals surface area (Å²) in [5, 5.41) is 0. The Morgan fingerprint density at radius 2 is 1.95 bits per heavy atom. The number of carbonyl (C=O) groups excluding carboxylic acids is 1. The third-order valence-corrected chi connectivity index (χ3v) is 4.64. The molecule has 116 valence electrons. The van der Waals surface area contributed by atoms with Gasteiger partial charge < -0.3 is 0 Å². The molecule has 0 spiro atoms. The number of carbonyl (C=O) groups is 1. The Kier molecular flexibility index (Phi) is 4.85. The maximum absolute atomic E-state index is 12.2. The molecule has 1 heteroatoms. The largest absolute Gasteiger partial charge is 0.294 e. The molecule has 1 aromatic rings. The molecular weight excluding hydrogens is 268 g/mol. The molecule has 0 unspecified atom stereocenters. The van der Waals surface area contributed by atoms with Crippen LogP contribution in [0.4, 0.5) is 0 Å². The summed E-state index contributed by atoms with van der Waals surface area (Å²) in [6, 6.07) is 6.35. The summed E-state index contributed by atoms with van der Waals surface area (Å²) in [5.41, 5.74) is 5.76. The van der Waals surface area contributed by atoms with Crippen LogP contribution in [-0.2, 0) is 5.41 Å². The first-order valence-corrected chi connectivity index (χ1v) is 8.01. The minimum Gasteiger partial charge on any atom is -0.294 e. The Bertz CT molecular complexity index is 669. The third-order valence-electron chi connectivity index (χ3n) is 4.64. The van der Waals surface area contributed by atoms with Crippen LogP contribution in [0, 0.1) is 0 Å². The second-order valence-corrected chi connectivity index (χ2v) is 6.81. The molecule has 2 rings (SSSR count). The molecule has 0 N–H and O–H groups in total. The maximum atomic E-state index is 12.2. The highest BCUT2D eigenvalue weighted by molar-refractivity contribution is 5.99. The maximum Gasteiger partial charge on any atom is 0.163 e. The second kappa shape index (κ2) is 6.48. The lowest BCUT2D eigenvalue weighted by molar-refractivity contribution is 0.0956. The first-order valence-electron chi connectivity index (χ1n) is 8.01. The Morgan fingerprint density at radius 3 is 2.64 bits per heavy atom. The average Bonchev–Trinajstić information content (AvgIpc) is 2.50. The summed E-state index contributed by atoms with van der Waals surface area (Å²) in [4.78, 5) is 12.2. The molecule has 0 aliphatic heterocycles. The normalized spacial score (nSPS) is 18.7. The molecule has 0 heterocycles. The van der Waals surface area contributed by atoms with Gasteiger partial charge in [-0.05, 0) is 55.4 Å². The van der Waals surface area contributed by atoms with E-state index in [2.05, 4.69) is 70.2 Å². The molecule has 0 radical (unpaired) electrons. The van der Waals surface area contributed by atoms with Crippen molar-refractivity contribution in [2.24, 2.45) is 0 Å². The minimum atomic E-state index is 0.0995. The van der Waals surface area contributed by atoms with Crippen molar-refractivity contribution in [3.05, 3.63) is 64.8 Å². The summed E-state index contributed by atoms with van der Waals surface area (Å²) in [6.45, 7) is 10.7. The van der Waals surface area contributed by atoms with Crippen LogP contribution >= 0.6 is 0 Å². The summed E-state index contributed by atoms with van der Waals surface area (Å²) < 4.78 is 0. The smallest absolute Gasteiger partial charge is 0.163 e. The number of benzene rings is 1. The minimum absolute atomic E-state index is 0.0995. The molecule has 0 atom stereocenters. The van der Waals surface area contributed by atoms with Crippen LogP contribution in [0.3, 0.4) is 0 Å². The van der Waals surface area contributed by atoms with Gasteiger partial charge in [-0.25, -0.2) is 0 Å². The van der Waals surface area contributed by atoms with Gasteiger partial charge in [0.15, 0.2) is 5.78 Å². The Balaban J connectivity index is 2.35. The van der Waals surface area contributed by atoms with Crippen LogP contribution in [0.5, 0.6) is 0 Å². The SMILES string of the molecule is CC=C(C)C=CC=C(C)c1ccc2c(c1)C(=O)CCC2(C)C. The molecule has 1 aromatic carbocycles. The zero-order chi connectivity index (χ0) is 16.3. The van der Waals surface area contributed by atoms with Gasteiger partial charge in [0.05, 0.1) is 0 Å². The fraction of sp³-hybridized carbons (Fsp3) is 0.381. The lowest BCUT2D eigenvalue weighted by Gasteiger charge is -2.32. The molecule has 0 saturated heterocycles. The van der Waals surface area contributed by atoms with Crippen molar-refractivity contribution in [2.45, 2.75) is 52.9 Å². The van der Waals surface area contributed by atoms with Crippen molar-refractivity contribution in [1.29, 1.82) is 0 Å². The summed E-state index contributed by atoms with van der Waals surface area (Å²) in [5.74, 6) is 0.282. The molecule has 0 amide bonds. The van der Waals surface area contributed by atoms with E-state index in [0.29, 0.717) is 6.42 Å². The van der Waals surface area contributed by atoms with Crippen LogP contribution in [0.2, 0.25) is 0 Å². The lowest BCUT2D eigenvalue weighted by atomic mass is 9.72. The van der Waals surface area contributed by atoms with Crippen molar-refractivity contribution >= 4 is 11.4 Å². The van der Waals surface area contributed by atoms with Crippen LogP contribution in [0.25, 0.3) is 5.57 Å². The molecule has 0 fully saturated rings. The number of rotatable bonds is 3. The van der Waals surface area contributed by atoms with Crippen molar-refractivity contribution in [3.8, 4) is 0 Å². The monoisotopic (exact) mass is 294 g/mol. The molecule has 1 aliphatic rings. The first-order chi connectivity index (χ1) is 10.3. The predicted octanol–water partition coefficient (Wildman–Crippen LogP) is 5.87. The highest BCUT2D eigenvalue weighted by Crippen LogP contribution is 2.37. The number of Topliss-reactive ketones (excluding diaryl/α,β-unsaturated/α-hetero) is 1. The van der Waals surface area contributed by atoms with Crippen molar-refractivity contribution in [1.82, 2.24) is 0 Å². The predicted molar refractivity (Wildman–Crippen MR) is 95.3 cm³/mol. The van der Waals surface area contributed by atoms with Gasteiger partial charge in [0, 0.05) is 12.0 Å². The molecule has 22 heavy (non-hydrogen) atoms. The van der Waals surface area contributed by atoms with E-state index in [9.17, 15) is 4.79 Å². The van der Waals surface area contributed by atoms with Crippen LogP contribution < -0.4 is 0 Å². The molecule has 1 aliphatic carbocycles. The zero-order valence-electron chi connectivity index (χ0n) is 14.4. The number of allylic oxidation sites excluding steroid dienone is 6. The second-order valence-electron chi connectivity index (χ2n) is 6.81. The van der Waals surface area contributed by atoms with Gasteiger partial charge in [-0.1, -0.05) is 55.9 Å². The average molecular weight is 294 g/mol. The standard InChI is InChI=1S/C21H26O/c1-6-15(2)8-7-9-16(3)17-10-11-19-18(14-17)20(22)12-13-21(19,4)5/h6-11,14H,12-13H2,1-5H3. The van der Waals surface area contributed by atoms with E-state index in [1.54, 1.807) is 0 Å². The van der Waals surface area contributed by atoms with Crippen LogP contribution in [0.15, 0.2) is 48.1 Å². The molecule has 0 saturated carbocycles. The van der Waals surface area contributed by atoms with Gasteiger partial charge in [-0.3, -0.25) is 4.79 Å². The van der Waals surface area contributed by atoms with Crippen molar-refractivity contribution in [3.63, 3.8) is 0 Å². The number of hydrogen-bond acceptors (Lipinski definition) is 1. The van der Waals surface area contributed by atoms with Crippen molar-refractivity contribution < 1.29 is 4.79 Å². The quantitative estimate of drug-likeness (QED) is 0.637. The Hall–Kier alpha value is -1.89. The van der Waals surface area contributed by atoms with Gasteiger partial charge in [-0.2, -0.15) is 0 Å². The Labute approximate surface area is 134 Å². The van der Waals surface area contributed by atoms with Gasteiger partial charge in [0.25, 0.3) is 0 Å². The van der Waals surface area contributed by atoms with Crippen LogP contribution in [-0.4, -0.2) is 5.78 Å². The fourth-order valence-electron chi connectivity index (χ4n) is 2.84. The van der Waals surface area contributed by atoms with E-state index in [1.165, 1.54) is 16.7 Å². The number of hydrogen-bond donors (Lipinski definition) is 0. The fourth-order valence-corrected chi connectivity index (χ4v) is 2.84. The topological polar surface area (TPSA) is 17.1 Å².